The van der Waals surface area contributed by atoms with Crippen molar-refractivity contribution < 1.29 is 4.79 Å². The number of hydrogen-bond acceptors (Lipinski definition) is 4. The Kier molecular flexibility index (Phi) is 3.85. The van der Waals surface area contributed by atoms with Crippen molar-refractivity contribution in [3.05, 3.63) is 17.8 Å². The Morgan fingerprint density at radius 3 is 2.70 bits per heavy atom. The third-order valence-electron chi connectivity index (χ3n) is 4.36. The molecule has 1 aromatic rings. The maximum absolute atomic E-state index is 11.9. The van der Waals surface area contributed by atoms with Crippen LogP contribution in [0.25, 0.3) is 0 Å². The maximum Gasteiger partial charge on any atom is 0.223 e. The van der Waals surface area contributed by atoms with Gasteiger partial charge < -0.3 is 10.2 Å². The average Bonchev–Trinajstić information content (AvgIpc) is 2.92. The number of aromatic nitrogens is 2. The number of carbonyl (C=O) groups is 1. The van der Waals surface area contributed by atoms with Crippen LogP contribution in [-0.4, -0.2) is 35.7 Å². The molecule has 0 bridgehead atoms. The van der Waals surface area contributed by atoms with Crippen LogP contribution in [0, 0.1) is 18.8 Å². The first kappa shape index (κ1) is 13.3. The highest BCUT2D eigenvalue weighted by molar-refractivity contribution is 5.78. The molecule has 0 radical (unpaired) electrons. The molecule has 1 aromatic heterocycles. The molecule has 2 aliphatic rings. The number of rotatable bonds is 4. The van der Waals surface area contributed by atoms with E-state index in [-0.39, 0.29) is 11.8 Å². The summed E-state index contributed by atoms with van der Waals surface area (Å²) in [5.41, 5.74) is 0.939. The Labute approximate surface area is 119 Å². The van der Waals surface area contributed by atoms with E-state index in [1.54, 1.807) is 0 Å². The zero-order valence-corrected chi connectivity index (χ0v) is 12.0. The van der Waals surface area contributed by atoms with Crippen LogP contribution < -0.4 is 10.2 Å². The van der Waals surface area contributed by atoms with Gasteiger partial charge in [-0.1, -0.05) is 12.8 Å². The number of anilines is 1. The second-order valence-electron chi connectivity index (χ2n) is 6.03. The molecule has 2 heterocycles. The molecule has 5 heteroatoms. The Morgan fingerprint density at radius 1 is 1.30 bits per heavy atom. The molecule has 1 aliphatic heterocycles. The molecule has 1 amide bonds. The van der Waals surface area contributed by atoms with E-state index in [0.29, 0.717) is 5.92 Å². The fourth-order valence-corrected chi connectivity index (χ4v) is 3.02. The van der Waals surface area contributed by atoms with Crippen molar-refractivity contribution in [3.8, 4) is 0 Å². The molecular formula is C15H22N4O. The van der Waals surface area contributed by atoms with Crippen molar-refractivity contribution in [2.75, 3.05) is 24.5 Å². The molecular weight excluding hydrogens is 252 g/mol. The number of amides is 1. The number of nitrogens with one attached hydrogen (secondary N) is 1. The van der Waals surface area contributed by atoms with Gasteiger partial charge >= 0.3 is 0 Å². The molecule has 0 atom stereocenters. The summed E-state index contributed by atoms with van der Waals surface area (Å²) in [6, 6.07) is 3.99. The zero-order chi connectivity index (χ0) is 13.9. The lowest BCUT2D eigenvalue weighted by Crippen LogP contribution is -2.52. The summed E-state index contributed by atoms with van der Waals surface area (Å²) in [5, 5.41) is 11.4. The quantitative estimate of drug-likeness (QED) is 0.904. The van der Waals surface area contributed by atoms with Gasteiger partial charge in [0.25, 0.3) is 0 Å². The van der Waals surface area contributed by atoms with Crippen LogP contribution in [0.2, 0.25) is 0 Å². The summed E-state index contributed by atoms with van der Waals surface area (Å²) in [6.45, 7) is 4.66. The highest BCUT2D eigenvalue weighted by Crippen LogP contribution is 2.25. The Bertz CT molecular complexity index is 461. The number of hydrogen-bond donors (Lipinski definition) is 1. The van der Waals surface area contributed by atoms with Crippen LogP contribution in [0.5, 0.6) is 0 Å². The minimum Gasteiger partial charge on any atom is -0.355 e. The number of nitrogens with zero attached hydrogens (tertiary/aromatic N) is 3. The van der Waals surface area contributed by atoms with Crippen molar-refractivity contribution in [3.63, 3.8) is 0 Å². The van der Waals surface area contributed by atoms with Gasteiger partial charge in [0.2, 0.25) is 5.91 Å². The molecule has 3 rings (SSSR count). The van der Waals surface area contributed by atoms with Crippen molar-refractivity contribution in [1.82, 2.24) is 15.5 Å². The van der Waals surface area contributed by atoms with E-state index in [0.717, 1.165) is 44.0 Å². The van der Waals surface area contributed by atoms with Gasteiger partial charge in [-0.2, -0.15) is 5.10 Å². The summed E-state index contributed by atoms with van der Waals surface area (Å²) in [6.07, 6.45) is 4.56. The highest BCUT2D eigenvalue weighted by atomic mass is 16.1. The van der Waals surface area contributed by atoms with Crippen molar-refractivity contribution in [2.24, 2.45) is 11.8 Å². The first-order valence-electron chi connectivity index (χ1n) is 7.55. The van der Waals surface area contributed by atoms with Gasteiger partial charge in [0.15, 0.2) is 5.82 Å². The maximum atomic E-state index is 11.9. The van der Waals surface area contributed by atoms with E-state index in [4.69, 9.17) is 0 Å². The van der Waals surface area contributed by atoms with E-state index in [1.807, 2.05) is 19.1 Å². The summed E-state index contributed by atoms with van der Waals surface area (Å²) in [4.78, 5) is 14.1. The van der Waals surface area contributed by atoms with Gasteiger partial charge in [0.05, 0.1) is 5.69 Å². The van der Waals surface area contributed by atoms with Crippen molar-refractivity contribution in [1.29, 1.82) is 0 Å². The van der Waals surface area contributed by atoms with Crippen LogP contribution in [0.3, 0.4) is 0 Å². The topological polar surface area (TPSA) is 58.1 Å². The Balaban J connectivity index is 1.40. The summed E-state index contributed by atoms with van der Waals surface area (Å²) >= 11 is 0. The normalized spacial score (nSPS) is 19.9. The third kappa shape index (κ3) is 2.92. The molecule has 1 saturated heterocycles. The molecule has 0 aromatic carbocycles. The van der Waals surface area contributed by atoms with Gasteiger partial charge in [-0.15, -0.1) is 5.10 Å². The highest BCUT2D eigenvalue weighted by Gasteiger charge is 2.29. The largest absolute Gasteiger partial charge is 0.355 e. The van der Waals surface area contributed by atoms with Gasteiger partial charge in [0.1, 0.15) is 0 Å². The molecule has 108 valence electrons. The van der Waals surface area contributed by atoms with E-state index >= 15 is 0 Å². The lowest BCUT2D eigenvalue weighted by Gasteiger charge is -2.40. The standard InChI is InChI=1S/C15H22N4O/c1-11-6-7-14(18-17-11)19-9-12(10-19)8-16-15(20)13-4-2-3-5-13/h6-7,12-13H,2-5,8-10H2,1H3,(H,16,20). The van der Waals surface area contributed by atoms with Crippen LogP contribution >= 0.6 is 0 Å². The van der Waals surface area contributed by atoms with Gasteiger partial charge in [0, 0.05) is 31.5 Å². The van der Waals surface area contributed by atoms with Gasteiger partial charge in [-0.05, 0) is 31.9 Å². The molecule has 1 saturated carbocycles. The predicted octanol–water partition coefficient (Wildman–Crippen LogP) is 1.53. The van der Waals surface area contributed by atoms with E-state index in [9.17, 15) is 4.79 Å². The molecule has 2 fully saturated rings. The van der Waals surface area contributed by atoms with Gasteiger partial charge in [-0.25, -0.2) is 0 Å². The van der Waals surface area contributed by atoms with Crippen LogP contribution in [0.15, 0.2) is 12.1 Å². The lowest BCUT2D eigenvalue weighted by molar-refractivity contribution is -0.125. The number of aryl methyl sites for hydroxylation is 1. The third-order valence-corrected chi connectivity index (χ3v) is 4.36. The van der Waals surface area contributed by atoms with Crippen molar-refractivity contribution in [2.45, 2.75) is 32.6 Å². The van der Waals surface area contributed by atoms with Gasteiger partial charge in [-0.3, -0.25) is 4.79 Å². The fourth-order valence-electron chi connectivity index (χ4n) is 3.02. The second kappa shape index (κ2) is 5.77. The van der Waals surface area contributed by atoms with E-state index < -0.39 is 0 Å². The zero-order valence-electron chi connectivity index (χ0n) is 12.0. The lowest BCUT2D eigenvalue weighted by atomic mass is 9.99. The van der Waals surface area contributed by atoms with Crippen LogP contribution in [-0.2, 0) is 4.79 Å². The Morgan fingerprint density at radius 2 is 2.05 bits per heavy atom. The molecule has 1 N–H and O–H groups in total. The first-order chi connectivity index (χ1) is 9.72. The molecule has 0 spiro atoms. The van der Waals surface area contributed by atoms with E-state index in [2.05, 4.69) is 20.4 Å². The fraction of sp³-hybridized carbons (Fsp3) is 0.667. The van der Waals surface area contributed by atoms with Crippen LogP contribution in [0.1, 0.15) is 31.4 Å². The minimum atomic E-state index is 0.260. The first-order valence-corrected chi connectivity index (χ1v) is 7.55. The smallest absolute Gasteiger partial charge is 0.223 e. The minimum absolute atomic E-state index is 0.260. The molecule has 20 heavy (non-hydrogen) atoms. The number of carbonyl (C=O) groups excluding carboxylic acids is 1. The average molecular weight is 274 g/mol. The van der Waals surface area contributed by atoms with Crippen LogP contribution in [0.4, 0.5) is 5.82 Å². The molecule has 5 nitrogen and oxygen atoms in total. The van der Waals surface area contributed by atoms with E-state index in [1.165, 1.54) is 12.8 Å². The Hall–Kier alpha value is -1.65. The monoisotopic (exact) mass is 274 g/mol. The summed E-state index contributed by atoms with van der Waals surface area (Å²) in [7, 11) is 0. The molecule has 1 aliphatic carbocycles. The molecule has 0 unspecified atom stereocenters. The summed E-state index contributed by atoms with van der Waals surface area (Å²) < 4.78 is 0. The summed E-state index contributed by atoms with van der Waals surface area (Å²) in [5.74, 6) is 2.02. The SMILES string of the molecule is Cc1ccc(N2CC(CNC(=O)C3CCCC3)C2)nn1. The second-order valence-corrected chi connectivity index (χ2v) is 6.03. The van der Waals surface area contributed by atoms with Crippen molar-refractivity contribution >= 4 is 11.7 Å². The predicted molar refractivity (Wildman–Crippen MR) is 77.4 cm³/mol.